The topological polar surface area (TPSA) is 54.3 Å². The van der Waals surface area contributed by atoms with E-state index in [9.17, 15) is 18.0 Å². The molecule has 9 heteroatoms. The zero-order chi connectivity index (χ0) is 17.4. The second kappa shape index (κ2) is 8.93. The fraction of sp³-hybridized carbons (Fsp3) is 0.267. The summed E-state index contributed by atoms with van der Waals surface area (Å²) < 4.78 is 41.8. The Morgan fingerprint density at radius 3 is 2.54 bits per heavy atom. The Morgan fingerprint density at radius 2 is 1.92 bits per heavy atom. The molecular formula is C15H15F3N2O2S2. The standard InChI is InChI=1S/C15H15F3N2O2S2/c16-15(17,18)24-13-5-3-11(4-6-13)20-14(21)19-7-9-23-10-12-2-1-8-22-12/h1-6,8H,7,9-10H2,(H2,19,20,21). The Hall–Kier alpha value is -1.74. The first kappa shape index (κ1) is 18.6. The number of alkyl halides is 3. The number of urea groups is 1. The van der Waals surface area contributed by atoms with Crippen LogP contribution in [-0.4, -0.2) is 23.8 Å². The molecule has 2 amide bonds. The number of benzene rings is 1. The number of thioether (sulfide) groups is 2. The molecular weight excluding hydrogens is 361 g/mol. The van der Waals surface area contributed by atoms with Crippen molar-refractivity contribution in [3.05, 3.63) is 48.4 Å². The molecule has 0 saturated heterocycles. The molecule has 1 aromatic carbocycles. The summed E-state index contributed by atoms with van der Waals surface area (Å²) in [7, 11) is 0. The maximum atomic E-state index is 12.2. The summed E-state index contributed by atoms with van der Waals surface area (Å²) in [5, 5.41) is 5.25. The predicted molar refractivity (Wildman–Crippen MR) is 90.2 cm³/mol. The number of carbonyl (C=O) groups is 1. The Balaban J connectivity index is 1.64. The Bertz CT molecular complexity index is 631. The van der Waals surface area contributed by atoms with Gasteiger partial charge in [0.05, 0.1) is 12.0 Å². The first-order valence-electron chi connectivity index (χ1n) is 6.93. The first-order valence-corrected chi connectivity index (χ1v) is 8.90. The van der Waals surface area contributed by atoms with E-state index in [2.05, 4.69) is 10.6 Å². The largest absolute Gasteiger partial charge is 0.468 e. The molecule has 0 atom stereocenters. The molecule has 4 nitrogen and oxygen atoms in total. The Kier molecular flexibility index (Phi) is 6.92. The van der Waals surface area contributed by atoms with E-state index in [0.29, 0.717) is 12.2 Å². The lowest BCUT2D eigenvalue weighted by atomic mass is 10.3. The zero-order valence-corrected chi connectivity index (χ0v) is 14.1. The van der Waals surface area contributed by atoms with Crippen LogP contribution >= 0.6 is 23.5 Å². The number of furan rings is 1. The van der Waals surface area contributed by atoms with Crippen molar-refractivity contribution in [1.82, 2.24) is 5.32 Å². The molecule has 0 spiro atoms. The van der Waals surface area contributed by atoms with Crippen molar-refractivity contribution in [3.63, 3.8) is 0 Å². The number of nitrogens with one attached hydrogen (secondary N) is 2. The van der Waals surface area contributed by atoms with Crippen molar-refractivity contribution in [2.75, 3.05) is 17.6 Å². The van der Waals surface area contributed by atoms with Crippen LogP contribution in [0, 0.1) is 0 Å². The highest BCUT2D eigenvalue weighted by Crippen LogP contribution is 2.36. The molecule has 0 unspecified atom stereocenters. The fourth-order valence-corrected chi connectivity index (χ4v) is 3.02. The third-order valence-corrected chi connectivity index (χ3v) is 4.42. The molecule has 0 aliphatic rings. The van der Waals surface area contributed by atoms with Gasteiger partial charge in [-0.2, -0.15) is 24.9 Å². The summed E-state index contributed by atoms with van der Waals surface area (Å²) in [6.07, 6.45) is 1.61. The van der Waals surface area contributed by atoms with Crippen LogP contribution in [0.2, 0.25) is 0 Å². The van der Waals surface area contributed by atoms with Gasteiger partial charge in [0.2, 0.25) is 0 Å². The van der Waals surface area contributed by atoms with Crippen molar-refractivity contribution in [3.8, 4) is 0 Å². The molecule has 0 radical (unpaired) electrons. The summed E-state index contributed by atoms with van der Waals surface area (Å²) in [6, 6.07) is 8.79. The van der Waals surface area contributed by atoms with Crippen LogP contribution < -0.4 is 10.6 Å². The lowest BCUT2D eigenvalue weighted by Gasteiger charge is -2.09. The van der Waals surface area contributed by atoms with Crippen molar-refractivity contribution in [1.29, 1.82) is 0 Å². The van der Waals surface area contributed by atoms with Gasteiger partial charge >= 0.3 is 11.5 Å². The summed E-state index contributed by atoms with van der Waals surface area (Å²) in [6.45, 7) is 0.471. The van der Waals surface area contributed by atoms with Gasteiger partial charge in [-0.15, -0.1) is 0 Å². The van der Waals surface area contributed by atoms with Gasteiger partial charge in [-0.1, -0.05) is 0 Å². The van der Waals surface area contributed by atoms with E-state index in [4.69, 9.17) is 4.42 Å². The minimum atomic E-state index is -4.32. The summed E-state index contributed by atoms with van der Waals surface area (Å²) in [5.41, 5.74) is -3.89. The summed E-state index contributed by atoms with van der Waals surface area (Å²) in [5.74, 6) is 2.32. The maximum Gasteiger partial charge on any atom is 0.446 e. The summed E-state index contributed by atoms with van der Waals surface area (Å²) in [4.78, 5) is 11.8. The van der Waals surface area contributed by atoms with Crippen LogP contribution in [0.15, 0.2) is 52.0 Å². The molecule has 0 fully saturated rings. The number of halogens is 3. The highest BCUT2D eigenvalue weighted by Gasteiger charge is 2.28. The minimum absolute atomic E-state index is 0.0720. The molecule has 130 valence electrons. The van der Waals surface area contributed by atoms with E-state index in [1.165, 1.54) is 24.3 Å². The zero-order valence-electron chi connectivity index (χ0n) is 12.4. The van der Waals surface area contributed by atoms with Gasteiger partial charge in [0.1, 0.15) is 5.76 Å². The van der Waals surface area contributed by atoms with Crippen LogP contribution in [-0.2, 0) is 5.75 Å². The van der Waals surface area contributed by atoms with Gasteiger partial charge in [-0.25, -0.2) is 4.79 Å². The van der Waals surface area contributed by atoms with Crippen LogP contribution in [0.4, 0.5) is 23.7 Å². The molecule has 0 saturated carbocycles. The molecule has 2 N–H and O–H groups in total. The number of carbonyl (C=O) groups excluding carboxylic acids is 1. The van der Waals surface area contributed by atoms with Gasteiger partial charge in [0.15, 0.2) is 0 Å². The Morgan fingerprint density at radius 1 is 1.17 bits per heavy atom. The fourth-order valence-electron chi connectivity index (χ4n) is 1.72. The smallest absolute Gasteiger partial charge is 0.446 e. The Labute approximate surface area is 145 Å². The van der Waals surface area contributed by atoms with Crippen molar-refractivity contribution in [2.24, 2.45) is 0 Å². The monoisotopic (exact) mass is 376 g/mol. The average Bonchev–Trinajstić information content (AvgIpc) is 3.01. The molecule has 2 rings (SSSR count). The summed E-state index contributed by atoms with van der Waals surface area (Å²) >= 11 is 1.43. The SMILES string of the molecule is O=C(NCCSCc1ccco1)Nc1ccc(SC(F)(F)F)cc1. The van der Waals surface area contributed by atoms with Crippen LogP contribution in [0.25, 0.3) is 0 Å². The van der Waals surface area contributed by atoms with Gasteiger partial charge < -0.3 is 15.1 Å². The number of amides is 2. The maximum absolute atomic E-state index is 12.2. The van der Waals surface area contributed by atoms with Gasteiger partial charge in [-0.05, 0) is 48.2 Å². The number of hydrogen-bond acceptors (Lipinski definition) is 4. The molecule has 2 aromatic rings. The van der Waals surface area contributed by atoms with E-state index in [1.54, 1.807) is 18.0 Å². The third kappa shape index (κ3) is 7.22. The van der Waals surface area contributed by atoms with Crippen LogP contribution in [0.1, 0.15) is 5.76 Å². The molecule has 24 heavy (non-hydrogen) atoms. The van der Waals surface area contributed by atoms with Gasteiger partial charge in [0.25, 0.3) is 0 Å². The van der Waals surface area contributed by atoms with Crippen molar-refractivity contribution in [2.45, 2.75) is 16.2 Å². The minimum Gasteiger partial charge on any atom is -0.468 e. The number of hydrogen-bond donors (Lipinski definition) is 2. The third-order valence-electron chi connectivity index (χ3n) is 2.70. The van der Waals surface area contributed by atoms with Crippen LogP contribution in [0.3, 0.4) is 0 Å². The van der Waals surface area contributed by atoms with Gasteiger partial charge in [0, 0.05) is 22.9 Å². The normalized spacial score (nSPS) is 11.3. The van der Waals surface area contributed by atoms with E-state index in [1.807, 2.05) is 12.1 Å². The van der Waals surface area contributed by atoms with E-state index in [0.717, 1.165) is 17.3 Å². The predicted octanol–water partition coefficient (Wildman–Crippen LogP) is 4.95. The van der Waals surface area contributed by atoms with Crippen molar-refractivity contribution < 1.29 is 22.4 Å². The quantitative estimate of drug-likeness (QED) is 0.530. The van der Waals surface area contributed by atoms with Gasteiger partial charge in [-0.3, -0.25) is 0 Å². The molecule has 1 aromatic heterocycles. The first-order chi connectivity index (χ1) is 11.4. The van der Waals surface area contributed by atoms with E-state index < -0.39 is 11.5 Å². The lowest BCUT2D eigenvalue weighted by Crippen LogP contribution is -2.30. The molecule has 0 aliphatic carbocycles. The van der Waals surface area contributed by atoms with E-state index in [-0.39, 0.29) is 16.7 Å². The lowest BCUT2D eigenvalue weighted by molar-refractivity contribution is -0.0328. The number of rotatable bonds is 7. The van der Waals surface area contributed by atoms with Crippen LogP contribution in [0.5, 0.6) is 0 Å². The number of anilines is 1. The second-order valence-corrected chi connectivity index (χ2v) is 6.83. The average molecular weight is 376 g/mol. The molecule has 1 heterocycles. The molecule has 0 bridgehead atoms. The van der Waals surface area contributed by atoms with E-state index >= 15 is 0 Å². The highest BCUT2D eigenvalue weighted by molar-refractivity contribution is 8.00. The van der Waals surface area contributed by atoms with Crippen molar-refractivity contribution >= 4 is 35.2 Å². The highest BCUT2D eigenvalue weighted by atomic mass is 32.2. The molecule has 0 aliphatic heterocycles. The second-order valence-electron chi connectivity index (χ2n) is 4.59.